The lowest BCUT2D eigenvalue weighted by molar-refractivity contribution is 0.147. The van der Waals surface area contributed by atoms with E-state index in [0.29, 0.717) is 12.1 Å². The zero-order valence-electron chi connectivity index (χ0n) is 12.0. The molecule has 0 aromatic carbocycles. The van der Waals surface area contributed by atoms with Crippen molar-refractivity contribution in [3.05, 3.63) is 0 Å². The standard InChI is InChI=1S/C14H32N2/c1-6-10-13(15)14(8-3)16(9-4)11-12(5)7-2/h12-14H,6-11,15H2,1-5H3. The number of hydrogen-bond donors (Lipinski definition) is 1. The topological polar surface area (TPSA) is 29.3 Å². The van der Waals surface area contributed by atoms with Gasteiger partial charge in [-0.25, -0.2) is 0 Å². The van der Waals surface area contributed by atoms with Crippen LogP contribution in [-0.2, 0) is 0 Å². The lowest BCUT2D eigenvalue weighted by atomic mass is 9.98. The lowest BCUT2D eigenvalue weighted by Gasteiger charge is -2.35. The van der Waals surface area contributed by atoms with E-state index >= 15 is 0 Å². The second-order valence-corrected chi connectivity index (χ2v) is 5.03. The molecule has 2 heteroatoms. The molecular weight excluding hydrogens is 196 g/mol. The molecule has 0 aromatic rings. The van der Waals surface area contributed by atoms with Gasteiger partial charge < -0.3 is 5.73 Å². The van der Waals surface area contributed by atoms with E-state index in [-0.39, 0.29) is 0 Å². The largest absolute Gasteiger partial charge is 0.326 e. The highest BCUT2D eigenvalue weighted by atomic mass is 15.2. The molecule has 0 fully saturated rings. The molecule has 0 radical (unpaired) electrons. The number of hydrogen-bond acceptors (Lipinski definition) is 2. The minimum absolute atomic E-state index is 0.346. The SMILES string of the molecule is CCCC(N)C(CC)N(CC)CC(C)CC. The molecule has 0 aromatic heterocycles. The van der Waals surface area contributed by atoms with Crippen molar-refractivity contribution in [2.45, 2.75) is 72.4 Å². The van der Waals surface area contributed by atoms with E-state index in [1.165, 1.54) is 25.8 Å². The molecular formula is C14H32N2. The quantitative estimate of drug-likeness (QED) is 0.656. The van der Waals surface area contributed by atoms with Crippen LogP contribution >= 0.6 is 0 Å². The maximum atomic E-state index is 6.29. The van der Waals surface area contributed by atoms with Crippen LogP contribution in [0, 0.1) is 5.92 Å². The van der Waals surface area contributed by atoms with Crippen molar-refractivity contribution in [2.75, 3.05) is 13.1 Å². The first kappa shape index (κ1) is 15.9. The zero-order chi connectivity index (χ0) is 12.6. The highest BCUT2D eigenvalue weighted by Gasteiger charge is 2.22. The predicted octanol–water partition coefficient (Wildman–Crippen LogP) is 3.26. The maximum absolute atomic E-state index is 6.29. The van der Waals surface area contributed by atoms with Crippen LogP contribution in [0.1, 0.15) is 60.3 Å². The van der Waals surface area contributed by atoms with E-state index in [1.54, 1.807) is 0 Å². The summed E-state index contributed by atoms with van der Waals surface area (Å²) in [5.41, 5.74) is 6.29. The zero-order valence-corrected chi connectivity index (χ0v) is 12.0. The van der Waals surface area contributed by atoms with Gasteiger partial charge in [-0.15, -0.1) is 0 Å². The summed E-state index contributed by atoms with van der Waals surface area (Å²) in [6.45, 7) is 13.7. The molecule has 0 aliphatic carbocycles. The summed E-state index contributed by atoms with van der Waals surface area (Å²) in [7, 11) is 0. The molecule has 2 nitrogen and oxygen atoms in total. The highest BCUT2D eigenvalue weighted by Crippen LogP contribution is 2.15. The normalized spacial score (nSPS) is 17.4. The van der Waals surface area contributed by atoms with Crippen LogP contribution in [0.15, 0.2) is 0 Å². The second kappa shape index (κ2) is 9.00. The predicted molar refractivity (Wildman–Crippen MR) is 73.7 cm³/mol. The Labute approximate surface area is 103 Å². The number of nitrogens with two attached hydrogens (primary N) is 1. The first-order valence-electron chi connectivity index (χ1n) is 7.10. The molecule has 3 unspecified atom stereocenters. The Balaban J connectivity index is 4.36. The van der Waals surface area contributed by atoms with E-state index in [2.05, 4.69) is 39.5 Å². The Morgan fingerprint density at radius 3 is 2.06 bits per heavy atom. The molecule has 0 bridgehead atoms. The molecule has 0 heterocycles. The lowest BCUT2D eigenvalue weighted by Crippen LogP contribution is -2.48. The third-order valence-corrected chi connectivity index (χ3v) is 3.65. The van der Waals surface area contributed by atoms with Crippen LogP contribution in [0.25, 0.3) is 0 Å². The van der Waals surface area contributed by atoms with Crippen LogP contribution in [0.4, 0.5) is 0 Å². The van der Waals surface area contributed by atoms with Gasteiger partial charge in [0.25, 0.3) is 0 Å². The van der Waals surface area contributed by atoms with Crippen LogP contribution in [0.5, 0.6) is 0 Å². The molecule has 0 spiro atoms. The van der Waals surface area contributed by atoms with Gasteiger partial charge in [0, 0.05) is 18.6 Å². The molecule has 3 atom stereocenters. The van der Waals surface area contributed by atoms with E-state index in [0.717, 1.165) is 18.9 Å². The number of nitrogens with zero attached hydrogens (tertiary/aromatic N) is 1. The number of likely N-dealkylation sites (N-methyl/N-ethyl adjacent to an activating group) is 1. The van der Waals surface area contributed by atoms with Gasteiger partial charge in [0.05, 0.1) is 0 Å². The Morgan fingerprint density at radius 1 is 1.06 bits per heavy atom. The van der Waals surface area contributed by atoms with Gasteiger partial charge in [0.1, 0.15) is 0 Å². The van der Waals surface area contributed by atoms with Gasteiger partial charge in [-0.05, 0) is 25.3 Å². The molecule has 2 N–H and O–H groups in total. The van der Waals surface area contributed by atoms with E-state index in [4.69, 9.17) is 5.73 Å². The molecule has 0 saturated heterocycles. The fourth-order valence-corrected chi connectivity index (χ4v) is 2.39. The molecule has 0 amide bonds. The summed E-state index contributed by atoms with van der Waals surface area (Å²) in [6.07, 6.45) is 4.77. The van der Waals surface area contributed by atoms with Gasteiger partial charge in [-0.3, -0.25) is 4.90 Å². The first-order valence-corrected chi connectivity index (χ1v) is 7.10. The summed E-state index contributed by atoms with van der Waals surface area (Å²) < 4.78 is 0. The monoisotopic (exact) mass is 228 g/mol. The first-order chi connectivity index (χ1) is 7.60. The second-order valence-electron chi connectivity index (χ2n) is 5.03. The molecule has 0 rings (SSSR count). The molecule has 16 heavy (non-hydrogen) atoms. The fourth-order valence-electron chi connectivity index (χ4n) is 2.39. The van der Waals surface area contributed by atoms with E-state index in [9.17, 15) is 0 Å². The minimum Gasteiger partial charge on any atom is -0.326 e. The maximum Gasteiger partial charge on any atom is 0.0244 e. The van der Waals surface area contributed by atoms with Crippen molar-refractivity contribution >= 4 is 0 Å². The highest BCUT2D eigenvalue weighted by molar-refractivity contribution is 4.81. The summed E-state index contributed by atoms with van der Waals surface area (Å²) in [5, 5.41) is 0. The van der Waals surface area contributed by atoms with Gasteiger partial charge in [0.2, 0.25) is 0 Å². The molecule has 0 aliphatic rings. The minimum atomic E-state index is 0.346. The number of rotatable bonds is 9. The van der Waals surface area contributed by atoms with Gasteiger partial charge in [-0.2, -0.15) is 0 Å². The average molecular weight is 228 g/mol. The van der Waals surface area contributed by atoms with Crippen molar-refractivity contribution in [2.24, 2.45) is 11.7 Å². The Bertz CT molecular complexity index is 159. The smallest absolute Gasteiger partial charge is 0.0244 e. The van der Waals surface area contributed by atoms with Gasteiger partial charge >= 0.3 is 0 Å². The van der Waals surface area contributed by atoms with Crippen LogP contribution in [0.2, 0.25) is 0 Å². The molecule has 0 saturated carbocycles. The van der Waals surface area contributed by atoms with E-state index in [1.807, 2.05) is 0 Å². The molecule has 98 valence electrons. The summed E-state index contributed by atoms with van der Waals surface area (Å²) in [5.74, 6) is 0.780. The van der Waals surface area contributed by atoms with Crippen molar-refractivity contribution < 1.29 is 0 Å². The summed E-state index contributed by atoms with van der Waals surface area (Å²) in [4.78, 5) is 2.58. The van der Waals surface area contributed by atoms with Crippen molar-refractivity contribution in [3.63, 3.8) is 0 Å². The fraction of sp³-hybridized carbons (Fsp3) is 1.00. The van der Waals surface area contributed by atoms with Crippen molar-refractivity contribution in [1.29, 1.82) is 0 Å². The van der Waals surface area contributed by atoms with Crippen LogP contribution in [0.3, 0.4) is 0 Å². The average Bonchev–Trinajstić information content (AvgIpc) is 2.28. The third-order valence-electron chi connectivity index (χ3n) is 3.65. The van der Waals surface area contributed by atoms with Crippen molar-refractivity contribution in [1.82, 2.24) is 4.90 Å². The summed E-state index contributed by atoms with van der Waals surface area (Å²) >= 11 is 0. The third kappa shape index (κ3) is 5.31. The molecule has 0 aliphatic heterocycles. The van der Waals surface area contributed by atoms with E-state index < -0.39 is 0 Å². The Kier molecular flexibility index (Phi) is 8.96. The van der Waals surface area contributed by atoms with Gasteiger partial charge in [0.15, 0.2) is 0 Å². The van der Waals surface area contributed by atoms with Crippen molar-refractivity contribution in [3.8, 4) is 0 Å². The Morgan fingerprint density at radius 2 is 1.69 bits per heavy atom. The van der Waals surface area contributed by atoms with Crippen LogP contribution in [-0.4, -0.2) is 30.1 Å². The Hall–Kier alpha value is -0.0800. The summed E-state index contributed by atoms with van der Waals surface area (Å²) in [6, 6.07) is 0.915. The van der Waals surface area contributed by atoms with Gasteiger partial charge in [-0.1, -0.05) is 47.5 Å². The van der Waals surface area contributed by atoms with Crippen LogP contribution < -0.4 is 5.73 Å².